The zero-order chi connectivity index (χ0) is 20.1. The summed E-state index contributed by atoms with van der Waals surface area (Å²) in [6.45, 7) is -1.52. The Morgan fingerprint density at radius 2 is 2.14 bits per heavy atom. The van der Waals surface area contributed by atoms with E-state index >= 15 is 0 Å². The first-order valence-corrected chi connectivity index (χ1v) is 8.87. The van der Waals surface area contributed by atoms with Gasteiger partial charge in [0.2, 0.25) is 11.0 Å². The van der Waals surface area contributed by atoms with Crippen LogP contribution in [0.4, 0.5) is 26.0 Å². The summed E-state index contributed by atoms with van der Waals surface area (Å²) in [5.41, 5.74) is 0.815. The van der Waals surface area contributed by atoms with Gasteiger partial charge in [-0.25, -0.2) is 13.8 Å². The first-order valence-electron chi connectivity index (χ1n) is 8.11. The molecule has 0 aliphatic carbocycles. The number of aryl methyl sites for hydroxylation is 1. The molecule has 0 fully saturated rings. The Morgan fingerprint density at radius 3 is 2.93 bits per heavy atom. The fourth-order valence-corrected chi connectivity index (χ4v) is 3.19. The SMILES string of the molecule is Cn1c(=O)c2c(c3cc(Nc4nc(Cl)ncc4Cl)ccc31)NCC(F)(F)CO2. The highest BCUT2D eigenvalue weighted by atomic mass is 35.5. The molecule has 0 radical (unpaired) electrons. The van der Waals surface area contributed by atoms with Crippen LogP contribution >= 0.6 is 23.2 Å². The highest BCUT2D eigenvalue weighted by Crippen LogP contribution is 2.36. The minimum atomic E-state index is -3.10. The molecular weight excluding hydrogens is 415 g/mol. The summed E-state index contributed by atoms with van der Waals surface area (Å²) in [6.07, 6.45) is 1.35. The number of aromatic nitrogens is 3. The van der Waals surface area contributed by atoms with Crippen LogP contribution in [0.2, 0.25) is 10.3 Å². The molecular formula is C17H13Cl2F2N5O2. The molecule has 11 heteroatoms. The van der Waals surface area contributed by atoms with Crippen LogP contribution in [0.3, 0.4) is 0 Å². The van der Waals surface area contributed by atoms with Gasteiger partial charge in [0, 0.05) is 18.1 Å². The highest BCUT2D eigenvalue weighted by molar-refractivity contribution is 6.33. The average molecular weight is 428 g/mol. The molecule has 0 saturated carbocycles. The number of halogens is 4. The van der Waals surface area contributed by atoms with Crippen molar-refractivity contribution in [1.82, 2.24) is 14.5 Å². The summed E-state index contributed by atoms with van der Waals surface area (Å²) >= 11 is 11.9. The monoisotopic (exact) mass is 427 g/mol. The molecule has 0 amide bonds. The number of rotatable bonds is 2. The Morgan fingerprint density at radius 1 is 1.36 bits per heavy atom. The summed E-state index contributed by atoms with van der Waals surface area (Å²) in [5.74, 6) is -2.96. The third-order valence-corrected chi connectivity index (χ3v) is 4.74. The molecule has 1 aliphatic rings. The van der Waals surface area contributed by atoms with Gasteiger partial charge in [-0.15, -0.1) is 0 Å². The number of alkyl halides is 2. The normalized spacial score (nSPS) is 15.3. The third-order valence-electron chi connectivity index (χ3n) is 4.28. The molecule has 0 spiro atoms. The maximum Gasteiger partial charge on any atom is 0.298 e. The molecule has 0 unspecified atom stereocenters. The lowest BCUT2D eigenvalue weighted by molar-refractivity contribution is -0.0251. The molecule has 2 aromatic heterocycles. The first-order chi connectivity index (χ1) is 13.2. The fraction of sp³-hybridized carbons (Fsp3) is 0.235. The van der Waals surface area contributed by atoms with Crippen molar-refractivity contribution in [2.24, 2.45) is 7.05 Å². The minimum Gasteiger partial charge on any atom is -0.480 e. The number of anilines is 3. The van der Waals surface area contributed by atoms with Gasteiger partial charge in [0.15, 0.2) is 12.4 Å². The minimum absolute atomic E-state index is 0.0150. The molecule has 3 aromatic rings. The van der Waals surface area contributed by atoms with E-state index in [4.69, 9.17) is 27.9 Å². The van der Waals surface area contributed by atoms with Crippen LogP contribution in [0.1, 0.15) is 0 Å². The molecule has 2 N–H and O–H groups in total. The predicted octanol–water partition coefficient (Wildman–Crippen LogP) is 3.82. The molecule has 0 atom stereocenters. The molecule has 3 heterocycles. The number of benzene rings is 1. The molecule has 0 bridgehead atoms. The fourth-order valence-electron chi connectivity index (χ4n) is 2.92. The number of hydrogen-bond acceptors (Lipinski definition) is 6. The van der Waals surface area contributed by atoms with Crippen LogP contribution in [0.25, 0.3) is 10.9 Å². The van der Waals surface area contributed by atoms with Crippen LogP contribution in [0, 0.1) is 0 Å². The van der Waals surface area contributed by atoms with E-state index in [1.165, 1.54) is 10.8 Å². The highest BCUT2D eigenvalue weighted by Gasteiger charge is 2.35. The molecule has 1 aliphatic heterocycles. The van der Waals surface area contributed by atoms with Gasteiger partial charge in [0.1, 0.15) is 5.02 Å². The van der Waals surface area contributed by atoms with E-state index < -0.39 is 24.6 Å². The van der Waals surface area contributed by atoms with Crippen molar-refractivity contribution in [3.63, 3.8) is 0 Å². The second kappa shape index (κ2) is 6.75. The van der Waals surface area contributed by atoms with Crippen molar-refractivity contribution in [3.05, 3.63) is 45.1 Å². The van der Waals surface area contributed by atoms with Crippen molar-refractivity contribution >= 4 is 51.3 Å². The summed E-state index contributed by atoms with van der Waals surface area (Å²) in [7, 11) is 1.55. The summed E-state index contributed by atoms with van der Waals surface area (Å²) in [6, 6.07) is 5.06. The van der Waals surface area contributed by atoms with Gasteiger partial charge in [-0.3, -0.25) is 4.79 Å². The van der Waals surface area contributed by atoms with Crippen LogP contribution in [0.5, 0.6) is 5.75 Å². The Balaban J connectivity index is 1.85. The maximum absolute atomic E-state index is 13.8. The lowest BCUT2D eigenvalue weighted by Gasteiger charge is -2.15. The van der Waals surface area contributed by atoms with E-state index in [0.717, 1.165) is 0 Å². The molecule has 146 valence electrons. The van der Waals surface area contributed by atoms with Crippen molar-refractivity contribution in [2.45, 2.75) is 5.92 Å². The van der Waals surface area contributed by atoms with Gasteiger partial charge < -0.3 is 19.9 Å². The quantitative estimate of drug-likeness (QED) is 0.605. The Labute approximate surface area is 167 Å². The molecule has 7 nitrogen and oxygen atoms in total. The van der Waals surface area contributed by atoms with Gasteiger partial charge in [-0.1, -0.05) is 11.6 Å². The number of fused-ring (bicyclic) bond motifs is 3. The molecule has 4 rings (SSSR count). The van der Waals surface area contributed by atoms with Crippen molar-refractivity contribution in [3.8, 4) is 5.75 Å². The predicted molar refractivity (Wildman–Crippen MR) is 103 cm³/mol. The van der Waals surface area contributed by atoms with Gasteiger partial charge in [-0.05, 0) is 29.8 Å². The van der Waals surface area contributed by atoms with E-state index in [-0.39, 0.29) is 27.6 Å². The van der Waals surface area contributed by atoms with Crippen LogP contribution < -0.4 is 20.9 Å². The molecule has 1 aromatic carbocycles. The average Bonchev–Trinajstić information content (AvgIpc) is 2.81. The van der Waals surface area contributed by atoms with Crippen molar-refractivity contribution in [2.75, 3.05) is 23.8 Å². The second-order valence-electron chi connectivity index (χ2n) is 6.26. The second-order valence-corrected chi connectivity index (χ2v) is 7.00. The Bertz CT molecular complexity index is 1150. The number of ether oxygens (including phenoxy) is 1. The first kappa shape index (κ1) is 18.7. The van der Waals surface area contributed by atoms with E-state index in [1.807, 2.05) is 0 Å². The standard InChI is InChI=1S/C17H13Cl2F2N5O2/c1-26-11-3-2-8(24-14-10(18)5-22-16(19)25-14)4-9(11)12-13(15(26)27)28-7-17(20,21)6-23-12/h2-5,23H,6-7H2,1H3,(H,22,24,25). The van der Waals surface area contributed by atoms with Gasteiger partial charge in [0.05, 0.1) is 23.9 Å². The van der Waals surface area contributed by atoms with Crippen molar-refractivity contribution < 1.29 is 13.5 Å². The lowest BCUT2D eigenvalue weighted by Crippen LogP contribution is -2.31. The zero-order valence-corrected chi connectivity index (χ0v) is 15.9. The maximum atomic E-state index is 13.8. The number of hydrogen-bond donors (Lipinski definition) is 2. The Kier molecular flexibility index (Phi) is 4.51. The number of pyridine rings is 1. The van der Waals surface area contributed by atoms with Gasteiger partial charge in [-0.2, -0.15) is 4.98 Å². The molecule has 28 heavy (non-hydrogen) atoms. The lowest BCUT2D eigenvalue weighted by atomic mass is 10.1. The largest absolute Gasteiger partial charge is 0.480 e. The van der Waals surface area contributed by atoms with E-state index in [1.54, 1.807) is 25.2 Å². The summed E-state index contributed by atoms with van der Waals surface area (Å²) in [5, 5.41) is 6.45. The van der Waals surface area contributed by atoms with Gasteiger partial charge >= 0.3 is 0 Å². The smallest absolute Gasteiger partial charge is 0.298 e. The molecule has 0 saturated heterocycles. The van der Waals surface area contributed by atoms with E-state index in [2.05, 4.69) is 20.6 Å². The van der Waals surface area contributed by atoms with Crippen molar-refractivity contribution in [1.29, 1.82) is 0 Å². The van der Waals surface area contributed by atoms with Crippen LogP contribution in [-0.2, 0) is 7.05 Å². The van der Waals surface area contributed by atoms with Crippen LogP contribution in [-0.4, -0.2) is 33.6 Å². The summed E-state index contributed by atoms with van der Waals surface area (Å²) < 4.78 is 34.0. The van der Waals surface area contributed by atoms with Crippen LogP contribution in [0.15, 0.2) is 29.2 Å². The van der Waals surface area contributed by atoms with Gasteiger partial charge in [0.25, 0.3) is 11.5 Å². The number of nitrogens with one attached hydrogen (secondary N) is 2. The summed E-state index contributed by atoms with van der Waals surface area (Å²) in [4.78, 5) is 20.3. The Hall–Kier alpha value is -2.65. The third kappa shape index (κ3) is 3.31. The van der Waals surface area contributed by atoms with E-state index in [9.17, 15) is 13.6 Å². The van der Waals surface area contributed by atoms with E-state index in [0.29, 0.717) is 16.6 Å². The topological polar surface area (TPSA) is 81.1 Å². The number of nitrogens with zero attached hydrogens (tertiary/aromatic N) is 3. The zero-order valence-electron chi connectivity index (χ0n) is 14.4.